The molecule has 5 heteroatoms. The minimum atomic E-state index is -0.297. The van der Waals surface area contributed by atoms with Gasteiger partial charge in [-0.15, -0.1) is 0 Å². The first-order valence-electron chi connectivity index (χ1n) is 8.49. The van der Waals surface area contributed by atoms with Gasteiger partial charge in [-0.1, -0.05) is 32.0 Å². The van der Waals surface area contributed by atoms with Crippen LogP contribution in [0.2, 0.25) is 0 Å². The van der Waals surface area contributed by atoms with Crippen LogP contribution < -0.4 is 14.8 Å². The van der Waals surface area contributed by atoms with Crippen molar-refractivity contribution in [1.82, 2.24) is 5.32 Å². The number of rotatable bonds is 8. The van der Waals surface area contributed by atoms with Crippen LogP contribution in [-0.4, -0.2) is 19.6 Å². The van der Waals surface area contributed by atoms with Crippen molar-refractivity contribution in [3.63, 3.8) is 0 Å². The maximum absolute atomic E-state index is 12.9. The molecule has 0 spiro atoms. The highest BCUT2D eigenvalue weighted by Crippen LogP contribution is 2.28. The van der Waals surface area contributed by atoms with Gasteiger partial charge in [0.25, 0.3) is 0 Å². The molecule has 0 aliphatic rings. The average molecular weight is 357 g/mol. The molecular weight excluding hydrogens is 333 g/mol. The Bertz CT molecular complexity index is 754. The number of hydrogen-bond acceptors (Lipinski definition) is 3. The quantitative estimate of drug-likeness (QED) is 0.721. The number of benzene rings is 2. The summed E-state index contributed by atoms with van der Waals surface area (Å²) < 4.78 is 23.9. The van der Waals surface area contributed by atoms with Crippen molar-refractivity contribution in [2.75, 3.05) is 13.7 Å². The van der Waals surface area contributed by atoms with Crippen molar-refractivity contribution in [3.8, 4) is 11.5 Å². The smallest absolute Gasteiger partial charge is 0.244 e. The SMILES string of the molecule is COc1cc(/C=C/C(=O)NCc2ccc(F)cc2)ccc1OCC(C)C. The summed E-state index contributed by atoms with van der Waals surface area (Å²) in [5, 5.41) is 2.76. The Labute approximate surface area is 153 Å². The summed E-state index contributed by atoms with van der Waals surface area (Å²) in [6.45, 7) is 5.11. The molecule has 0 atom stereocenters. The molecule has 0 heterocycles. The summed E-state index contributed by atoms with van der Waals surface area (Å²) in [6.07, 6.45) is 3.15. The fourth-order valence-corrected chi connectivity index (χ4v) is 2.19. The highest BCUT2D eigenvalue weighted by Gasteiger charge is 2.06. The van der Waals surface area contributed by atoms with Crippen LogP contribution in [-0.2, 0) is 11.3 Å². The number of amides is 1. The van der Waals surface area contributed by atoms with Crippen molar-refractivity contribution in [2.24, 2.45) is 5.92 Å². The molecule has 0 saturated carbocycles. The van der Waals surface area contributed by atoms with Crippen LogP contribution >= 0.6 is 0 Å². The van der Waals surface area contributed by atoms with Crippen molar-refractivity contribution in [1.29, 1.82) is 0 Å². The standard InChI is InChI=1S/C21H24FNO3/c1-15(2)14-26-19-10-6-16(12-20(19)25-3)7-11-21(24)23-13-17-4-8-18(22)9-5-17/h4-12,15H,13-14H2,1-3H3,(H,23,24)/b11-7+. The van der Waals surface area contributed by atoms with Crippen LogP contribution in [0.3, 0.4) is 0 Å². The molecule has 0 aliphatic heterocycles. The predicted octanol–water partition coefficient (Wildman–Crippen LogP) is 4.20. The fraction of sp³-hybridized carbons (Fsp3) is 0.286. The third-order valence-electron chi connectivity index (χ3n) is 3.57. The molecule has 138 valence electrons. The lowest BCUT2D eigenvalue weighted by atomic mass is 10.1. The Morgan fingerprint density at radius 3 is 2.54 bits per heavy atom. The summed E-state index contributed by atoms with van der Waals surface area (Å²) in [5.41, 5.74) is 1.66. The second-order valence-electron chi connectivity index (χ2n) is 6.29. The first-order chi connectivity index (χ1) is 12.5. The maximum Gasteiger partial charge on any atom is 0.244 e. The van der Waals surface area contributed by atoms with E-state index < -0.39 is 0 Å². The Morgan fingerprint density at radius 1 is 1.15 bits per heavy atom. The number of halogens is 1. The molecule has 0 radical (unpaired) electrons. The Kier molecular flexibility index (Phi) is 7.21. The van der Waals surface area contributed by atoms with E-state index in [1.165, 1.54) is 18.2 Å². The highest BCUT2D eigenvalue weighted by molar-refractivity contribution is 5.91. The van der Waals surface area contributed by atoms with Gasteiger partial charge >= 0.3 is 0 Å². The zero-order valence-corrected chi connectivity index (χ0v) is 15.3. The summed E-state index contributed by atoms with van der Waals surface area (Å²) in [6, 6.07) is 11.5. The topological polar surface area (TPSA) is 47.6 Å². The lowest BCUT2D eigenvalue weighted by molar-refractivity contribution is -0.116. The number of carbonyl (C=O) groups is 1. The molecule has 26 heavy (non-hydrogen) atoms. The Hall–Kier alpha value is -2.82. The monoisotopic (exact) mass is 357 g/mol. The van der Waals surface area contributed by atoms with Gasteiger partial charge in [0.2, 0.25) is 5.91 Å². The number of methoxy groups -OCH3 is 1. The predicted molar refractivity (Wildman–Crippen MR) is 101 cm³/mol. The second kappa shape index (κ2) is 9.61. The molecule has 4 nitrogen and oxygen atoms in total. The molecule has 2 aromatic carbocycles. The molecule has 0 unspecified atom stereocenters. The van der Waals surface area contributed by atoms with Gasteiger partial charge in [0.1, 0.15) is 5.82 Å². The Balaban J connectivity index is 1.93. The molecule has 2 rings (SSSR count). The average Bonchev–Trinajstić information content (AvgIpc) is 2.64. The number of carbonyl (C=O) groups excluding carboxylic acids is 1. The van der Waals surface area contributed by atoms with E-state index in [1.807, 2.05) is 18.2 Å². The molecule has 1 amide bonds. The van der Waals surface area contributed by atoms with E-state index in [0.717, 1.165) is 11.1 Å². The van der Waals surface area contributed by atoms with Crippen LogP contribution in [0.1, 0.15) is 25.0 Å². The molecule has 0 bridgehead atoms. The van der Waals surface area contributed by atoms with Gasteiger partial charge in [0.05, 0.1) is 13.7 Å². The number of hydrogen-bond donors (Lipinski definition) is 1. The minimum absolute atomic E-state index is 0.228. The zero-order chi connectivity index (χ0) is 18.9. The van der Waals surface area contributed by atoms with Gasteiger partial charge < -0.3 is 14.8 Å². The lowest BCUT2D eigenvalue weighted by Crippen LogP contribution is -2.20. The van der Waals surface area contributed by atoms with Gasteiger partial charge in [0.15, 0.2) is 11.5 Å². The second-order valence-corrected chi connectivity index (χ2v) is 6.29. The van der Waals surface area contributed by atoms with E-state index in [9.17, 15) is 9.18 Å². The van der Waals surface area contributed by atoms with Gasteiger partial charge in [-0.05, 0) is 47.4 Å². The van der Waals surface area contributed by atoms with Crippen LogP contribution in [0.4, 0.5) is 4.39 Å². The summed E-state index contributed by atoms with van der Waals surface area (Å²) >= 11 is 0. The third kappa shape index (κ3) is 6.24. The summed E-state index contributed by atoms with van der Waals surface area (Å²) in [7, 11) is 1.58. The van der Waals surface area contributed by atoms with E-state index in [2.05, 4.69) is 19.2 Å². The molecule has 0 aliphatic carbocycles. The minimum Gasteiger partial charge on any atom is -0.493 e. The Morgan fingerprint density at radius 2 is 1.88 bits per heavy atom. The molecule has 0 saturated heterocycles. The highest BCUT2D eigenvalue weighted by atomic mass is 19.1. The first kappa shape index (κ1) is 19.5. The van der Waals surface area contributed by atoms with Crippen molar-refractivity contribution in [2.45, 2.75) is 20.4 Å². The van der Waals surface area contributed by atoms with E-state index in [1.54, 1.807) is 25.3 Å². The molecule has 1 N–H and O–H groups in total. The third-order valence-corrected chi connectivity index (χ3v) is 3.57. The summed E-state index contributed by atoms with van der Waals surface area (Å²) in [5.74, 6) is 1.20. The number of ether oxygens (including phenoxy) is 2. The van der Waals surface area contributed by atoms with Crippen LogP contribution in [0, 0.1) is 11.7 Å². The van der Waals surface area contributed by atoms with Gasteiger partial charge in [-0.2, -0.15) is 0 Å². The lowest BCUT2D eigenvalue weighted by Gasteiger charge is -2.12. The molecule has 0 fully saturated rings. The number of nitrogens with one attached hydrogen (secondary N) is 1. The van der Waals surface area contributed by atoms with Gasteiger partial charge in [0, 0.05) is 12.6 Å². The largest absolute Gasteiger partial charge is 0.493 e. The normalized spacial score (nSPS) is 11.0. The van der Waals surface area contributed by atoms with Crippen molar-refractivity contribution in [3.05, 3.63) is 65.5 Å². The fourth-order valence-electron chi connectivity index (χ4n) is 2.19. The molecule has 2 aromatic rings. The van der Waals surface area contributed by atoms with Gasteiger partial charge in [-0.3, -0.25) is 4.79 Å². The van der Waals surface area contributed by atoms with E-state index in [-0.39, 0.29) is 11.7 Å². The van der Waals surface area contributed by atoms with Crippen LogP contribution in [0.15, 0.2) is 48.5 Å². The van der Waals surface area contributed by atoms with E-state index in [0.29, 0.717) is 30.6 Å². The maximum atomic E-state index is 12.9. The van der Waals surface area contributed by atoms with Crippen LogP contribution in [0.5, 0.6) is 11.5 Å². The molecular formula is C21H24FNO3. The van der Waals surface area contributed by atoms with Crippen LogP contribution in [0.25, 0.3) is 6.08 Å². The van der Waals surface area contributed by atoms with E-state index in [4.69, 9.17) is 9.47 Å². The zero-order valence-electron chi connectivity index (χ0n) is 15.3. The first-order valence-corrected chi connectivity index (χ1v) is 8.49. The molecule has 0 aromatic heterocycles. The van der Waals surface area contributed by atoms with Crippen molar-refractivity contribution < 1.29 is 18.7 Å². The van der Waals surface area contributed by atoms with Crippen molar-refractivity contribution >= 4 is 12.0 Å². The van der Waals surface area contributed by atoms with E-state index >= 15 is 0 Å². The van der Waals surface area contributed by atoms with Gasteiger partial charge in [-0.25, -0.2) is 4.39 Å². The summed E-state index contributed by atoms with van der Waals surface area (Å²) in [4.78, 5) is 11.9.